The molecule has 2 atom stereocenters. The molecule has 0 aliphatic heterocycles. The fraction of sp³-hybridized carbons (Fsp3) is 0.421. The second-order valence-corrected chi connectivity index (χ2v) is 7.28. The minimum Gasteiger partial charge on any atom is -0.367 e. The molecule has 3 aromatic rings. The van der Waals surface area contributed by atoms with Gasteiger partial charge in [0.2, 0.25) is 5.89 Å². The van der Waals surface area contributed by atoms with Crippen molar-refractivity contribution in [3.63, 3.8) is 0 Å². The molecule has 1 aliphatic rings. The van der Waals surface area contributed by atoms with Gasteiger partial charge in [-0.1, -0.05) is 13.8 Å². The Hall–Kier alpha value is -3.23. The molecular formula is C19H23N7O2. The van der Waals surface area contributed by atoms with Crippen LogP contribution in [-0.4, -0.2) is 37.0 Å². The lowest BCUT2D eigenvalue weighted by molar-refractivity contribution is 0.365. The lowest BCUT2D eigenvalue weighted by Crippen LogP contribution is -2.22. The molecule has 3 heterocycles. The summed E-state index contributed by atoms with van der Waals surface area (Å²) in [5.41, 5.74) is 0.456. The molecule has 9 nitrogen and oxygen atoms in total. The molecule has 1 fully saturated rings. The summed E-state index contributed by atoms with van der Waals surface area (Å²) in [4.78, 5) is 20.6. The molecule has 1 saturated carbocycles. The third kappa shape index (κ3) is 4.03. The van der Waals surface area contributed by atoms with Crippen molar-refractivity contribution in [3.05, 3.63) is 52.9 Å². The summed E-state index contributed by atoms with van der Waals surface area (Å²) in [7, 11) is 0. The first kappa shape index (κ1) is 18.1. The number of nitrogens with one attached hydrogen (secondary N) is 2. The third-order valence-corrected chi connectivity index (χ3v) is 4.76. The van der Waals surface area contributed by atoms with Gasteiger partial charge in [0.25, 0.3) is 11.5 Å². The summed E-state index contributed by atoms with van der Waals surface area (Å²) in [6, 6.07) is 7.39. The van der Waals surface area contributed by atoms with Crippen LogP contribution in [0.4, 0.5) is 11.8 Å². The van der Waals surface area contributed by atoms with Crippen LogP contribution in [0.25, 0.3) is 5.69 Å². The molecule has 0 amide bonds. The highest BCUT2D eigenvalue weighted by Crippen LogP contribution is 2.25. The van der Waals surface area contributed by atoms with Crippen LogP contribution in [-0.2, 0) is 0 Å². The van der Waals surface area contributed by atoms with Crippen LogP contribution >= 0.6 is 0 Å². The van der Waals surface area contributed by atoms with E-state index in [4.69, 9.17) is 4.52 Å². The Morgan fingerprint density at radius 2 is 2.00 bits per heavy atom. The van der Waals surface area contributed by atoms with Crippen LogP contribution in [0.1, 0.15) is 44.9 Å². The average molecular weight is 381 g/mol. The first-order valence-electron chi connectivity index (χ1n) is 9.46. The van der Waals surface area contributed by atoms with E-state index in [1.807, 2.05) is 26.0 Å². The summed E-state index contributed by atoms with van der Waals surface area (Å²) in [5, 5.41) is 14.8. The SMILES string of the molecule is CC(C)c1nc(N[C@H]2CC[C@H](Nc3ccc(-n4ncccc4=O)cn3)C2)no1. The van der Waals surface area contributed by atoms with Crippen molar-refractivity contribution in [2.75, 3.05) is 10.6 Å². The summed E-state index contributed by atoms with van der Waals surface area (Å²) in [5.74, 6) is 2.20. The molecule has 0 bridgehead atoms. The van der Waals surface area contributed by atoms with Gasteiger partial charge >= 0.3 is 0 Å². The van der Waals surface area contributed by atoms with Gasteiger partial charge in [-0.2, -0.15) is 14.8 Å². The molecule has 146 valence electrons. The van der Waals surface area contributed by atoms with E-state index in [9.17, 15) is 4.79 Å². The Kier molecular flexibility index (Phi) is 5.05. The summed E-state index contributed by atoms with van der Waals surface area (Å²) in [6.07, 6.45) is 6.20. The van der Waals surface area contributed by atoms with E-state index in [1.165, 1.54) is 10.7 Å². The monoisotopic (exact) mass is 381 g/mol. The maximum Gasteiger partial charge on any atom is 0.271 e. The smallest absolute Gasteiger partial charge is 0.271 e. The van der Waals surface area contributed by atoms with Crippen LogP contribution in [0.2, 0.25) is 0 Å². The maximum absolute atomic E-state index is 11.8. The second-order valence-electron chi connectivity index (χ2n) is 7.28. The van der Waals surface area contributed by atoms with Gasteiger partial charge in [-0.25, -0.2) is 4.98 Å². The Bertz CT molecular complexity index is 980. The van der Waals surface area contributed by atoms with Crippen LogP contribution in [0.3, 0.4) is 0 Å². The molecule has 0 unspecified atom stereocenters. The van der Waals surface area contributed by atoms with Gasteiger partial charge < -0.3 is 15.2 Å². The standard InChI is InChI=1S/C19H23N7O2/c1-12(2)18-24-19(25-28-18)23-14-6-5-13(10-14)22-16-8-7-15(11-20-16)26-17(27)4-3-9-21-26/h3-4,7-9,11-14H,5-6,10H2,1-2H3,(H,20,22)(H,23,25)/t13-,14-/m0/s1. The predicted molar refractivity (Wildman–Crippen MR) is 105 cm³/mol. The minimum absolute atomic E-state index is 0.184. The fourth-order valence-corrected chi connectivity index (χ4v) is 3.31. The quantitative estimate of drug-likeness (QED) is 0.670. The Morgan fingerprint density at radius 3 is 2.68 bits per heavy atom. The zero-order chi connectivity index (χ0) is 19.5. The van der Waals surface area contributed by atoms with E-state index >= 15 is 0 Å². The summed E-state index contributed by atoms with van der Waals surface area (Å²) in [6.45, 7) is 4.05. The predicted octanol–water partition coefficient (Wildman–Crippen LogP) is 2.58. The van der Waals surface area contributed by atoms with Gasteiger partial charge in [0.15, 0.2) is 0 Å². The van der Waals surface area contributed by atoms with Crippen molar-refractivity contribution >= 4 is 11.8 Å². The van der Waals surface area contributed by atoms with E-state index in [-0.39, 0.29) is 11.5 Å². The zero-order valence-electron chi connectivity index (χ0n) is 15.9. The van der Waals surface area contributed by atoms with Gasteiger partial charge in [-0.3, -0.25) is 4.79 Å². The van der Waals surface area contributed by atoms with Gasteiger partial charge in [0, 0.05) is 30.3 Å². The van der Waals surface area contributed by atoms with Crippen molar-refractivity contribution in [2.45, 2.75) is 51.1 Å². The third-order valence-electron chi connectivity index (χ3n) is 4.76. The summed E-state index contributed by atoms with van der Waals surface area (Å²) >= 11 is 0. The molecule has 0 radical (unpaired) electrons. The highest BCUT2D eigenvalue weighted by atomic mass is 16.5. The van der Waals surface area contributed by atoms with Crippen LogP contribution in [0.15, 0.2) is 46.0 Å². The van der Waals surface area contributed by atoms with Crippen LogP contribution in [0.5, 0.6) is 0 Å². The van der Waals surface area contributed by atoms with Crippen molar-refractivity contribution < 1.29 is 4.52 Å². The molecule has 4 rings (SSSR count). The van der Waals surface area contributed by atoms with Gasteiger partial charge in [-0.05, 0) is 42.6 Å². The van der Waals surface area contributed by atoms with E-state index in [2.05, 4.69) is 30.9 Å². The van der Waals surface area contributed by atoms with Gasteiger partial charge in [0.05, 0.1) is 11.9 Å². The molecular weight excluding hydrogens is 358 g/mol. The minimum atomic E-state index is -0.184. The number of nitrogens with zero attached hydrogens (tertiary/aromatic N) is 5. The van der Waals surface area contributed by atoms with Crippen LogP contribution in [0, 0.1) is 0 Å². The first-order valence-corrected chi connectivity index (χ1v) is 9.46. The Balaban J connectivity index is 1.34. The molecule has 1 aliphatic carbocycles. The molecule has 0 saturated heterocycles. The normalized spacial score (nSPS) is 19.1. The first-order chi connectivity index (χ1) is 13.6. The van der Waals surface area contributed by atoms with E-state index in [0.29, 0.717) is 29.6 Å². The van der Waals surface area contributed by atoms with E-state index in [0.717, 1.165) is 25.1 Å². The average Bonchev–Trinajstić information content (AvgIpc) is 3.33. The molecule has 0 spiro atoms. The number of hydrogen-bond donors (Lipinski definition) is 2. The van der Waals surface area contributed by atoms with Gasteiger partial charge in [0.1, 0.15) is 5.82 Å². The Morgan fingerprint density at radius 1 is 1.18 bits per heavy atom. The zero-order valence-corrected chi connectivity index (χ0v) is 15.9. The fourth-order valence-electron chi connectivity index (χ4n) is 3.31. The lowest BCUT2D eigenvalue weighted by atomic mass is 10.2. The molecule has 2 N–H and O–H groups in total. The molecule has 3 aromatic heterocycles. The number of pyridine rings is 1. The van der Waals surface area contributed by atoms with Gasteiger partial charge in [-0.15, -0.1) is 0 Å². The lowest BCUT2D eigenvalue weighted by Gasteiger charge is -2.14. The highest BCUT2D eigenvalue weighted by molar-refractivity contribution is 5.41. The second kappa shape index (κ2) is 7.79. The molecule has 0 aromatic carbocycles. The molecule has 28 heavy (non-hydrogen) atoms. The van der Waals surface area contributed by atoms with Crippen molar-refractivity contribution in [2.24, 2.45) is 0 Å². The summed E-state index contributed by atoms with van der Waals surface area (Å²) < 4.78 is 6.56. The number of hydrogen-bond acceptors (Lipinski definition) is 8. The Labute approximate surface area is 162 Å². The number of rotatable bonds is 6. The van der Waals surface area contributed by atoms with Crippen molar-refractivity contribution in [1.82, 2.24) is 24.9 Å². The number of anilines is 2. The topological polar surface area (TPSA) is 111 Å². The highest BCUT2D eigenvalue weighted by Gasteiger charge is 2.26. The number of aromatic nitrogens is 5. The van der Waals surface area contributed by atoms with E-state index < -0.39 is 0 Å². The molecule has 9 heteroatoms. The maximum atomic E-state index is 11.8. The largest absolute Gasteiger partial charge is 0.367 e. The van der Waals surface area contributed by atoms with E-state index in [1.54, 1.807) is 18.5 Å². The van der Waals surface area contributed by atoms with Crippen LogP contribution < -0.4 is 16.2 Å². The van der Waals surface area contributed by atoms with Crippen molar-refractivity contribution in [3.8, 4) is 5.69 Å². The van der Waals surface area contributed by atoms with Crippen molar-refractivity contribution in [1.29, 1.82) is 0 Å².